The molecule has 0 aliphatic carbocycles. The molecule has 1 aromatic heterocycles. The lowest BCUT2D eigenvalue weighted by molar-refractivity contribution is -0.111. The molecule has 0 aliphatic heterocycles. The molecule has 0 saturated heterocycles. The van der Waals surface area contributed by atoms with Gasteiger partial charge in [0.15, 0.2) is 6.61 Å². The van der Waals surface area contributed by atoms with Gasteiger partial charge in [0.05, 0.1) is 11.4 Å². The van der Waals surface area contributed by atoms with Crippen LogP contribution < -0.4 is 10.1 Å². The van der Waals surface area contributed by atoms with Crippen LogP contribution in [0.4, 0.5) is 5.69 Å². The lowest BCUT2D eigenvalue weighted by atomic mass is 10.2. The molecule has 0 radical (unpaired) electrons. The number of aromatic nitrogens is 2. The van der Waals surface area contributed by atoms with Gasteiger partial charge in [-0.3, -0.25) is 4.79 Å². The lowest BCUT2D eigenvalue weighted by Gasteiger charge is -2.10. The summed E-state index contributed by atoms with van der Waals surface area (Å²) in [6.45, 7) is -0.00415. The number of ether oxygens (including phenoxy) is 1. The van der Waals surface area contributed by atoms with Crippen molar-refractivity contribution in [3.63, 3.8) is 0 Å². The molecule has 0 fully saturated rings. The minimum absolute atomic E-state index is 0.00415. The van der Waals surface area contributed by atoms with E-state index < -0.39 is 0 Å². The van der Waals surface area contributed by atoms with Crippen molar-refractivity contribution in [1.29, 1.82) is 5.26 Å². The zero-order valence-electron chi connectivity index (χ0n) is 14.2. The van der Waals surface area contributed by atoms with Gasteiger partial charge in [0.25, 0.3) is 0 Å². The van der Waals surface area contributed by atoms with Crippen LogP contribution in [0.15, 0.2) is 67.0 Å². The summed E-state index contributed by atoms with van der Waals surface area (Å²) in [5, 5.41) is 16.0. The molecular formula is C20H15ClN4O2. The van der Waals surface area contributed by atoms with E-state index in [9.17, 15) is 4.79 Å². The first-order chi connectivity index (χ1) is 13.2. The van der Waals surface area contributed by atoms with Gasteiger partial charge in [-0.1, -0.05) is 23.7 Å². The molecule has 0 bridgehead atoms. The van der Waals surface area contributed by atoms with E-state index in [0.29, 0.717) is 22.1 Å². The first-order valence-corrected chi connectivity index (χ1v) is 8.42. The van der Waals surface area contributed by atoms with Gasteiger partial charge in [-0.05, 0) is 48.0 Å². The van der Waals surface area contributed by atoms with E-state index in [1.165, 1.54) is 6.08 Å². The molecular weight excluding hydrogens is 364 g/mol. The smallest absolute Gasteiger partial charge is 0.248 e. The first-order valence-electron chi connectivity index (χ1n) is 8.04. The summed E-state index contributed by atoms with van der Waals surface area (Å²) in [5.74, 6) is 0.302. The van der Waals surface area contributed by atoms with Crippen molar-refractivity contribution < 1.29 is 9.53 Å². The van der Waals surface area contributed by atoms with Gasteiger partial charge >= 0.3 is 0 Å². The molecule has 7 heteroatoms. The van der Waals surface area contributed by atoms with Gasteiger partial charge in [0.1, 0.15) is 11.8 Å². The van der Waals surface area contributed by atoms with Crippen LogP contribution >= 0.6 is 11.6 Å². The van der Waals surface area contributed by atoms with Crippen LogP contribution in [-0.4, -0.2) is 22.3 Å². The van der Waals surface area contributed by atoms with Gasteiger partial charge in [-0.15, -0.1) is 0 Å². The third-order valence-electron chi connectivity index (χ3n) is 3.58. The van der Waals surface area contributed by atoms with Gasteiger partial charge in [0.2, 0.25) is 5.91 Å². The molecule has 3 aromatic rings. The molecule has 134 valence electrons. The lowest BCUT2D eigenvalue weighted by Crippen LogP contribution is -2.11. The van der Waals surface area contributed by atoms with Gasteiger partial charge in [-0.25, -0.2) is 4.68 Å². The number of rotatable bonds is 6. The monoisotopic (exact) mass is 378 g/mol. The maximum Gasteiger partial charge on any atom is 0.248 e. The second-order valence-electron chi connectivity index (χ2n) is 5.45. The maximum absolute atomic E-state index is 12.3. The Bertz CT molecular complexity index is 990. The standard InChI is InChI=1S/C20H15ClN4O2/c21-16-5-8-19(25-12-1-11-23-25)18(14-16)24-20(26)9-4-15-2-6-17(7-3-15)27-13-10-22/h1-9,11-12,14H,13H2,(H,24,26). The van der Waals surface area contributed by atoms with Crippen molar-refractivity contribution in [1.82, 2.24) is 9.78 Å². The molecule has 3 rings (SSSR count). The number of anilines is 1. The molecule has 1 amide bonds. The molecule has 0 unspecified atom stereocenters. The van der Waals surface area contributed by atoms with Crippen LogP contribution in [0, 0.1) is 11.3 Å². The number of nitrogens with one attached hydrogen (secondary N) is 1. The normalized spacial score (nSPS) is 10.5. The van der Waals surface area contributed by atoms with Crippen LogP contribution in [-0.2, 0) is 4.79 Å². The molecule has 1 N–H and O–H groups in total. The van der Waals surface area contributed by atoms with Gasteiger partial charge < -0.3 is 10.1 Å². The Balaban J connectivity index is 1.70. The second kappa shape index (κ2) is 8.70. The minimum Gasteiger partial charge on any atom is -0.479 e. The quantitative estimate of drug-likeness (QED) is 0.655. The Kier molecular flexibility index (Phi) is 5.87. The van der Waals surface area contributed by atoms with E-state index in [2.05, 4.69) is 10.4 Å². The molecule has 0 aliphatic rings. The number of hydrogen-bond donors (Lipinski definition) is 1. The van der Waals surface area contributed by atoms with Crippen molar-refractivity contribution in [2.45, 2.75) is 0 Å². The highest BCUT2D eigenvalue weighted by molar-refractivity contribution is 6.31. The molecule has 0 saturated carbocycles. The number of carbonyl (C=O) groups is 1. The van der Waals surface area contributed by atoms with Crippen LogP contribution in [0.2, 0.25) is 5.02 Å². The zero-order valence-corrected chi connectivity index (χ0v) is 14.9. The summed E-state index contributed by atoms with van der Waals surface area (Å²) in [5.41, 5.74) is 2.10. The number of amides is 1. The van der Waals surface area contributed by atoms with E-state index in [1.54, 1.807) is 71.7 Å². The Morgan fingerprint density at radius 2 is 2.11 bits per heavy atom. The van der Waals surface area contributed by atoms with Crippen molar-refractivity contribution >= 4 is 29.3 Å². The number of nitriles is 1. The Morgan fingerprint density at radius 3 is 2.81 bits per heavy atom. The number of halogens is 1. The first kappa shape index (κ1) is 18.2. The number of carbonyl (C=O) groups excluding carboxylic acids is 1. The minimum atomic E-state index is -0.296. The predicted molar refractivity (Wildman–Crippen MR) is 104 cm³/mol. The second-order valence-corrected chi connectivity index (χ2v) is 5.89. The van der Waals surface area contributed by atoms with Crippen molar-refractivity contribution in [2.75, 3.05) is 11.9 Å². The van der Waals surface area contributed by atoms with Crippen molar-refractivity contribution in [2.24, 2.45) is 0 Å². The highest BCUT2D eigenvalue weighted by atomic mass is 35.5. The van der Waals surface area contributed by atoms with E-state index in [0.717, 1.165) is 5.56 Å². The average molecular weight is 379 g/mol. The summed E-state index contributed by atoms with van der Waals surface area (Å²) in [6, 6.07) is 16.0. The Hall–Kier alpha value is -3.56. The molecule has 27 heavy (non-hydrogen) atoms. The summed E-state index contributed by atoms with van der Waals surface area (Å²) in [4.78, 5) is 12.3. The van der Waals surface area contributed by atoms with E-state index in [4.69, 9.17) is 21.6 Å². The third kappa shape index (κ3) is 4.97. The average Bonchev–Trinajstić information content (AvgIpc) is 3.20. The fourth-order valence-corrected chi connectivity index (χ4v) is 2.53. The number of nitrogens with zero attached hydrogens (tertiary/aromatic N) is 3. The highest BCUT2D eigenvalue weighted by Crippen LogP contribution is 2.24. The van der Waals surface area contributed by atoms with Crippen LogP contribution in [0.1, 0.15) is 5.56 Å². The van der Waals surface area contributed by atoms with E-state index >= 15 is 0 Å². The molecule has 0 atom stereocenters. The van der Waals surface area contributed by atoms with Crippen LogP contribution in [0.25, 0.3) is 11.8 Å². The molecule has 0 spiro atoms. The van der Waals surface area contributed by atoms with E-state index in [-0.39, 0.29) is 12.5 Å². The van der Waals surface area contributed by atoms with Crippen molar-refractivity contribution in [3.05, 3.63) is 77.6 Å². The predicted octanol–water partition coefficient (Wildman–Crippen LogP) is 4.08. The highest BCUT2D eigenvalue weighted by Gasteiger charge is 2.08. The number of benzene rings is 2. The van der Waals surface area contributed by atoms with Crippen LogP contribution in [0.5, 0.6) is 5.75 Å². The maximum atomic E-state index is 12.3. The summed E-state index contributed by atoms with van der Waals surface area (Å²) in [7, 11) is 0. The zero-order chi connectivity index (χ0) is 19.1. The Morgan fingerprint density at radius 1 is 1.30 bits per heavy atom. The molecule has 2 aromatic carbocycles. The third-order valence-corrected chi connectivity index (χ3v) is 3.81. The number of hydrogen-bond acceptors (Lipinski definition) is 4. The van der Waals surface area contributed by atoms with Gasteiger partial charge in [0, 0.05) is 23.5 Å². The fraction of sp³-hybridized carbons (Fsp3) is 0.0500. The van der Waals surface area contributed by atoms with Crippen LogP contribution in [0.3, 0.4) is 0 Å². The fourth-order valence-electron chi connectivity index (χ4n) is 2.36. The molecule has 1 heterocycles. The summed E-state index contributed by atoms with van der Waals surface area (Å²) in [6.07, 6.45) is 6.55. The van der Waals surface area contributed by atoms with E-state index in [1.807, 2.05) is 6.07 Å². The van der Waals surface area contributed by atoms with Crippen molar-refractivity contribution in [3.8, 4) is 17.5 Å². The summed E-state index contributed by atoms with van der Waals surface area (Å²) < 4.78 is 6.84. The molecule has 6 nitrogen and oxygen atoms in total. The largest absolute Gasteiger partial charge is 0.479 e. The Labute approximate surface area is 161 Å². The van der Waals surface area contributed by atoms with Gasteiger partial charge in [-0.2, -0.15) is 10.4 Å². The summed E-state index contributed by atoms with van der Waals surface area (Å²) >= 11 is 6.05. The topological polar surface area (TPSA) is 79.9 Å². The SMILES string of the molecule is N#CCOc1ccc(C=CC(=O)Nc2cc(Cl)ccc2-n2cccn2)cc1.